The Hall–Kier alpha value is -6.70. The number of fused-ring (bicyclic) bond motifs is 6. The zero-order valence-electron chi connectivity index (χ0n) is 36.8. The van der Waals surface area contributed by atoms with Gasteiger partial charge in [0.05, 0.1) is 12.8 Å². The largest absolute Gasteiger partial charge is 0.481 e. The number of hydrogen-bond acceptors (Lipinski definition) is 9. The maximum absolute atomic E-state index is 12.9. The smallest absolute Gasteiger partial charge is 0.410 e. The molecule has 62 heavy (non-hydrogen) atoms. The Morgan fingerprint density at radius 3 is 1.13 bits per heavy atom. The number of amides is 4. The minimum absolute atomic E-state index is 0.0939. The predicted molar refractivity (Wildman–Crippen MR) is 233 cm³/mol. The molecule has 6 rings (SSSR count). The predicted octanol–water partition coefficient (Wildman–Crippen LogP) is 6.85. The summed E-state index contributed by atoms with van der Waals surface area (Å²) < 4.78 is 16.5. The Bertz CT molecular complexity index is 2210. The van der Waals surface area contributed by atoms with E-state index in [0.717, 1.165) is 49.4 Å². The molecule has 4 aromatic carbocycles. The van der Waals surface area contributed by atoms with Crippen molar-refractivity contribution in [3.63, 3.8) is 0 Å². The zero-order chi connectivity index (χ0) is 45.5. The first-order valence-corrected chi connectivity index (χ1v) is 20.3. The summed E-state index contributed by atoms with van der Waals surface area (Å²) in [5.74, 6) is -2.77. The number of carboxylic acids is 1. The van der Waals surface area contributed by atoms with Crippen molar-refractivity contribution in [2.75, 3.05) is 55.5 Å². The van der Waals surface area contributed by atoms with Gasteiger partial charge in [-0.25, -0.2) is 9.59 Å². The van der Waals surface area contributed by atoms with Gasteiger partial charge in [-0.05, 0) is 65.3 Å². The molecule has 0 spiro atoms. The molecule has 2 aliphatic carbocycles. The Balaban J connectivity index is 0.000000236. The van der Waals surface area contributed by atoms with Crippen LogP contribution in [-0.2, 0) is 33.4 Å². The highest BCUT2D eigenvalue weighted by Gasteiger charge is 2.36. The number of benzene rings is 4. The van der Waals surface area contributed by atoms with Crippen molar-refractivity contribution in [3.8, 4) is 22.3 Å². The van der Waals surface area contributed by atoms with Crippen molar-refractivity contribution < 1.29 is 48.1 Å². The molecule has 0 bridgehead atoms. The van der Waals surface area contributed by atoms with Gasteiger partial charge in [-0.3, -0.25) is 29.0 Å². The first kappa shape index (κ1) is 46.4. The molecule has 0 saturated carbocycles. The van der Waals surface area contributed by atoms with E-state index in [0.29, 0.717) is 0 Å². The van der Waals surface area contributed by atoms with E-state index >= 15 is 0 Å². The van der Waals surface area contributed by atoms with Gasteiger partial charge in [0.15, 0.2) is 0 Å². The highest BCUT2D eigenvalue weighted by molar-refractivity contribution is 5.90. The van der Waals surface area contributed by atoms with E-state index in [4.69, 9.17) is 19.3 Å². The summed E-state index contributed by atoms with van der Waals surface area (Å²) in [6.45, 7) is 5.49. The number of ether oxygens (including phenoxy) is 3. The second kappa shape index (κ2) is 19.8. The number of carbonyl (C=O) groups excluding carboxylic acids is 5. The van der Waals surface area contributed by atoms with E-state index in [2.05, 4.69) is 12.1 Å². The van der Waals surface area contributed by atoms with Crippen LogP contribution in [0, 0.1) is 0 Å². The summed E-state index contributed by atoms with van der Waals surface area (Å²) in [7, 11) is 9.04. The molecule has 0 radical (unpaired) electrons. The Labute approximate surface area is 362 Å². The molecular formula is C48H56N4O10. The minimum atomic E-state index is -1.16. The SMILES string of the molecule is CN(C)C(=O)[C@H](CC(=O)O)N(C)C(=O)OCC1c2ccccc2-c2ccccc21.CN(C)C(=O)[C@H](CC(=O)OC(C)(C)C)N(C)C(=O)OCC1c2ccccc2-c2ccccc21. The van der Waals surface area contributed by atoms with E-state index in [1.54, 1.807) is 34.9 Å². The van der Waals surface area contributed by atoms with E-state index in [9.17, 15) is 28.8 Å². The van der Waals surface area contributed by atoms with Crippen molar-refractivity contribution in [2.24, 2.45) is 0 Å². The topological polar surface area (TPSA) is 163 Å². The molecule has 0 unspecified atom stereocenters. The number of rotatable bonds is 12. The molecule has 14 heteroatoms. The summed E-state index contributed by atoms with van der Waals surface area (Å²) in [6.07, 6.45) is -2.14. The third kappa shape index (κ3) is 10.8. The monoisotopic (exact) mass is 848 g/mol. The lowest BCUT2D eigenvalue weighted by atomic mass is 9.98. The van der Waals surface area contributed by atoms with Crippen LogP contribution in [0.25, 0.3) is 22.3 Å². The van der Waals surface area contributed by atoms with Gasteiger partial charge in [-0.15, -0.1) is 0 Å². The molecule has 0 aliphatic heterocycles. The van der Waals surface area contributed by atoms with Crippen molar-refractivity contribution >= 4 is 35.9 Å². The average molecular weight is 849 g/mol. The van der Waals surface area contributed by atoms with Crippen molar-refractivity contribution in [1.82, 2.24) is 19.6 Å². The van der Waals surface area contributed by atoms with E-state index in [1.807, 2.05) is 84.9 Å². The van der Waals surface area contributed by atoms with Gasteiger partial charge in [-0.2, -0.15) is 0 Å². The van der Waals surface area contributed by atoms with Gasteiger partial charge in [0.2, 0.25) is 11.8 Å². The van der Waals surface area contributed by atoms with Gasteiger partial charge < -0.3 is 29.1 Å². The summed E-state index contributed by atoms with van der Waals surface area (Å²) in [5, 5.41) is 9.12. The van der Waals surface area contributed by atoms with Crippen LogP contribution in [-0.4, -0.2) is 134 Å². The third-order valence-electron chi connectivity index (χ3n) is 10.8. The first-order valence-electron chi connectivity index (χ1n) is 20.3. The van der Waals surface area contributed by atoms with Crippen LogP contribution in [0.5, 0.6) is 0 Å². The lowest BCUT2D eigenvalue weighted by Gasteiger charge is -2.29. The number of likely N-dealkylation sites (N-methyl/N-ethyl adjacent to an activating group) is 4. The number of hydrogen-bond donors (Lipinski definition) is 1. The molecular weight excluding hydrogens is 793 g/mol. The van der Waals surface area contributed by atoms with Crippen LogP contribution in [0.15, 0.2) is 97.1 Å². The highest BCUT2D eigenvalue weighted by Crippen LogP contribution is 2.45. The maximum atomic E-state index is 12.9. The number of nitrogens with zero attached hydrogens (tertiary/aromatic N) is 4. The van der Waals surface area contributed by atoms with Gasteiger partial charge in [0.25, 0.3) is 0 Å². The molecule has 0 aromatic heterocycles. The van der Waals surface area contributed by atoms with Crippen LogP contribution < -0.4 is 0 Å². The van der Waals surface area contributed by atoms with Crippen molar-refractivity contribution in [1.29, 1.82) is 0 Å². The zero-order valence-corrected chi connectivity index (χ0v) is 36.8. The van der Waals surface area contributed by atoms with Crippen LogP contribution in [0.4, 0.5) is 9.59 Å². The fourth-order valence-electron chi connectivity index (χ4n) is 7.73. The fourth-order valence-corrected chi connectivity index (χ4v) is 7.73. The molecule has 0 heterocycles. The molecule has 1 N–H and O–H groups in total. The standard InChI is InChI=1S/C26H32N2O5.C22H24N2O5/c1-26(2,3)33-23(29)15-22(24(30)27(4)5)28(6)25(31)32-16-21-19-13-9-7-11-17(19)18-12-8-10-14-20(18)21;1-23(2)21(27)19(12-20(25)26)24(3)22(28)29-13-18-16-10-6-4-8-14(16)15-9-5-7-11-17(15)18/h7-14,21-22H,15-16H2,1-6H3;4-11,18-19H,12-13H2,1-3H3,(H,25,26)/t22-;19-/m00/s1. The number of aliphatic carboxylic acids is 1. The van der Waals surface area contributed by atoms with Gasteiger partial charge in [0.1, 0.15) is 30.9 Å². The van der Waals surface area contributed by atoms with Crippen molar-refractivity contribution in [2.45, 2.75) is 63.1 Å². The number of esters is 1. The molecule has 14 nitrogen and oxygen atoms in total. The average Bonchev–Trinajstić information content (AvgIpc) is 3.73. The van der Waals surface area contributed by atoms with Gasteiger partial charge in [-0.1, -0.05) is 97.1 Å². The molecule has 2 aliphatic rings. The maximum Gasteiger partial charge on any atom is 0.410 e. The van der Waals surface area contributed by atoms with Crippen molar-refractivity contribution in [3.05, 3.63) is 119 Å². The Morgan fingerprint density at radius 2 is 0.839 bits per heavy atom. The van der Waals surface area contributed by atoms with E-state index in [1.165, 1.54) is 42.9 Å². The van der Waals surface area contributed by atoms with Gasteiger partial charge in [0, 0.05) is 54.1 Å². The lowest BCUT2D eigenvalue weighted by Crippen LogP contribution is -2.49. The molecule has 328 valence electrons. The first-order chi connectivity index (χ1) is 29.3. The summed E-state index contributed by atoms with van der Waals surface area (Å²) in [5.41, 5.74) is 8.17. The summed E-state index contributed by atoms with van der Waals surface area (Å²) in [4.78, 5) is 79.0. The van der Waals surface area contributed by atoms with Crippen LogP contribution >= 0.6 is 0 Å². The van der Waals surface area contributed by atoms with Crippen LogP contribution in [0.1, 0.15) is 67.7 Å². The normalized spacial score (nSPS) is 13.4. The molecule has 0 fully saturated rings. The van der Waals surface area contributed by atoms with Crippen LogP contribution in [0.2, 0.25) is 0 Å². The van der Waals surface area contributed by atoms with Gasteiger partial charge >= 0.3 is 24.1 Å². The van der Waals surface area contributed by atoms with Crippen LogP contribution in [0.3, 0.4) is 0 Å². The number of carboxylic acid groups (broad SMARTS) is 1. The Kier molecular flexibility index (Phi) is 14.8. The highest BCUT2D eigenvalue weighted by atomic mass is 16.6. The fraction of sp³-hybridized carbons (Fsp3) is 0.375. The second-order valence-corrected chi connectivity index (χ2v) is 16.7. The minimum Gasteiger partial charge on any atom is -0.481 e. The van der Waals surface area contributed by atoms with E-state index in [-0.39, 0.29) is 37.4 Å². The third-order valence-corrected chi connectivity index (χ3v) is 10.8. The molecule has 2 atom stereocenters. The molecule has 4 amide bonds. The van der Waals surface area contributed by atoms with E-state index < -0.39 is 54.1 Å². The Morgan fingerprint density at radius 1 is 0.532 bits per heavy atom. The molecule has 4 aromatic rings. The lowest BCUT2D eigenvalue weighted by molar-refractivity contribution is -0.158. The quantitative estimate of drug-likeness (QED) is 0.118. The molecule has 0 saturated heterocycles. The summed E-state index contributed by atoms with van der Waals surface area (Å²) in [6, 6.07) is 29.9. The second-order valence-electron chi connectivity index (χ2n) is 16.7. The number of carbonyl (C=O) groups is 6. The summed E-state index contributed by atoms with van der Waals surface area (Å²) >= 11 is 0.